The maximum absolute atomic E-state index is 13.1. The lowest BCUT2D eigenvalue weighted by molar-refractivity contribution is -0.0498. The van der Waals surface area contributed by atoms with Gasteiger partial charge in [0.25, 0.3) is 0 Å². The van der Waals surface area contributed by atoms with Crippen molar-refractivity contribution >= 4 is 11.8 Å². The fraction of sp³-hybridized carbons (Fsp3) is 0.172. The minimum absolute atomic E-state index is 0.0462. The van der Waals surface area contributed by atoms with Crippen LogP contribution in [0.4, 0.5) is 8.78 Å². The molecule has 4 aromatic rings. The summed E-state index contributed by atoms with van der Waals surface area (Å²) in [5.74, 6) is -0.870. The second-order valence-corrected chi connectivity index (χ2v) is 8.35. The summed E-state index contributed by atoms with van der Waals surface area (Å²) in [6.07, 6.45) is -0.998. The van der Waals surface area contributed by atoms with Crippen LogP contribution < -0.4 is 4.74 Å². The number of aromatic nitrogens is 1. The summed E-state index contributed by atoms with van der Waals surface area (Å²) < 4.78 is 36.6. The van der Waals surface area contributed by atoms with Crippen LogP contribution in [0.25, 0.3) is 16.8 Å². The standard InChI is InChI=1S/C29H25F2NO4/c1-18-17-26(19(2)32(18)24-13-15-25(16-14-24)36-29(30)31)27(33)20(3)35-28(34)23-11-9-22(10-12-23)21-7-5-4-6-8-21/h4-17,20,29H,1-3H3. The number of alkyl halides is 2. The summed E-state index contributed by atoms with van der Waals surface area (Å²) >= 11 is 0. The number of esters is 1. The van der Waals surface area contributed by atoms with Crippen molar-refractivity contribution in [2.45, 2.75) is 33.5 Å². The number of benzene rings is 3. The first-order valence-electron chi connectivity index (χ1n) is 11.4. The predicted octanol–water partition coefficient (Wildman–Crippen LogP) is 6.79. The van der Waals surface area contributed by atoms with E-state index in [9.17, 15) is 18.4 Å². The van der Waals surface area contributed by atoms with Crippen molar-refractivity contribution in [3.05, 3.63) is 107 Å². The fourth-order valence-corrected chi connectivity index (χ4v) is 4.12. The number of halogens is 2. The number of rotatable bonds is 8. The third kappa shape index (κ3) is 5.35. The van der Waals surface area contributed by atoms with Gasteiger partial charge in [-0.1, -0.05) is 42.5 Å². The molecule has 4 rings (SSSR count). The highest BCUT2D eigenvalue weighted by Gasteiger charge is 2.25. The van der Waals surface area contributed by atoms with Crippen LogP contribution in [-0.4, -0.2) is 29.0 Å². The lowest BCUT2D eigenvalue weighted by Gasteiger charge is -2.14. The third-order valence-corrected chi connectivity index (χ3v) is 5.90. The van der Waals surface area contributed by atoms with E-state index in [0.29, 0.717) is 22.5 Å². The zero-order valence-corrected chi connectivity index (χ0v) is 20.1. The molecule has 1 aromatic heterocycles. The number of carbonyl (C=O) groups excluding carboxylic acids is 2. The van der Waals surface area contributed by atoms with Gasteiger partial charge in [0.2, 0.25) is 5.78 Å². The van der Waals surface area contributed by atoms with E-state index in [4.69, 9.17) is 4.74 Å². The molecule has 7 heteroatoms. The van der Waals surface area contributed by atoms with Crippen molar-refractivity contribution in [2.75, 3.05) is 0 Å². The lowest BCUT2D eigenvalue weighted by Crippen LogP contribution is -2.24. The van der Waals surface area contributed by atoms with Crippen molar-refractivity contribution in [3.63, 3.8) is 0 Å². The van der Waals surface area contributed by atoms with E-state index >= 15 is 0 Å². The van der Waals surface area contributed by atoms with E-state index in [-0.39, 0.29) is 11.5 Å². The molecule has 36 heavy (non-hydrogen) atoms. The summed E-state index contributed by atoms with van der Waals surface area (Å²) in [6, 6.07) is 24.7. The molecule has 1 unspecified atom stereocenters. The summed E-state index contributed by atoms with van der Waals surface area (Å²) in [6.45, 7) is 2.25. The van der Waals surface area contributed by atoms with Gasteiger partial charge in [-0.3, -0.25) is 4.79 Å². The highest BCUT2D eigenvalue weighted by atomic mass is 19.3. The minimum atomic E-state index is -2.90. The Hall–Kier alpha value is -4.26. The van der Waals surface area contributed by atoms with Crippen LogP contribution in [0.5, 0.6) is 5.75 Å². The number of hydrogen-bond acceptors (Lipinski definition) is 4. The molecule has 0 saturated heterocycles. The van der Waals surface area contributed by atoms with Crippen LogP contribution in [0, 0.1) is 13.8 Å². The Morgan fingerprint density at radius 1 is 0.833 bits per heavy atom. The predicted molar refractivity (Wildman–Crippen MR) is 133 cm³/mol. The maximum atomic E-state index is 13.1. The van der Waals surface area contributed by atoms with E-state index < -0.39 is 18.7 Å². The number of hydrogen-bond donors (Lipinski definition) is 0. The average molecular weight is 490 g/mol. The van der Waals surface area contributed by atoms with E-state index in [1.807, 2.05) is 54.0 Å². The van der Waals surface area contributed by atoms with Gasteiger partial charge in [-0.15, -0.1) is 0 Å². The first-order valence-corrected chi connectivity index (χ1v) is 11.4. The quantitative estimate of drug-likeness (QED) is 0.202. The van der Waals surface area contributed by atoms with Crippen molar-refractivity contribution < 1.29 is 27.8 Å². The number of nitrogens with zero attached hydrogens (tertiary/aromatic N) is 1. The Morgan fingerprint density at radius 3 is 2.06 bits per heavy atom. The van der Waals surface area contributed by atoms with Gasteiger partial charge in [0, 0.05) is 22.6 Å². The highest BCUT2D eigenvalue weighted by Crippen LogP contribution is 2.25. The third-order valence-electron chi connectivity index (χ3n) is 5.90. The first-order chi connectivity index (χ1) is 17.2. The molecule has 0 radical (unpaired) electrons. The van der Waals surface area contributed by atoms with Crippen molar-refractivity contribution in [3.8, 4) is 22.6 Å². The molecule has 0 N–H and O–H groups in total. The van der Waals surface area contributed by atoms with Crippen LogP contribution in [0.2, 0.25) is 0 Å². The molecular formula is C29H25F2NO4. The van der Waals surface area contributed by atoms with Gasteiger partial charge in [0.05, 0.1) is 5.56 Å². The molecule has 0 bridgehead atoms. The van der Waals surface area contributed by atoms with E-state index in [2.05, 4.69) is 4.74 Å². The zero-order valence-electron chi connectivity index (χ0n) is 20.1. The van der Waals surface area contributed by atoms with Crippen LogP contribution in [0.15, 0.2) is 84.9 Å². The molecule has 0 saturated carbocycles. The molecule has 5 nitrogen and oxygen atoms in total. The van der Waals surface area contributed by atoms with Gasteiger partial charge < -0.3 is 14.0 Å². The number of Topliss-reactive ketones (excluding diaryl/α,β-unsaturated/α-hetero) is 1. The molecule has 0 aliphatic heterocycles. The number of aryl methyl sites for hydroxylation is 1. The zero-order chi connectivity index (χ0) is 25.8. The summed E-state index contributed by atoms with van der Waals surface area (Å²) in [5.41, 5.74) is 4.88. The maximum Gasteiger partial charge on any atom is 0.387 e. The molecule has 0 aliphatic carbocycles. The van der Waals surface area contributed by atoms with Crippen molar-refractivity contribution in [1.29, 1.82) is 0 Å². The molecule has 1 atom stereocenters. The normalized spacial score (nSPS) is 11.8. The summed E-state index contributed by atoms with van der Waals surface area (Å²) in [7, 11) is 0. The smallest absolute Gasteiger partial charge is 0.387 e. The lowest BCUT2D eigenvalue weighted by atomic mass is 10.0. The van der Waals surface area contributed by atoms with Crippen LogP contribution >= 0.6 is 0 Å². The Morgan fingerprint density at radius 2 is 1.44 bits per heavy atom. The monoisotopic (exact) mass is 489 g/mol. The van der Waals surface area contributed by atoms with Gasteiger partial charge in [-0.05, 0) is 74.4 Å². The largest absolute Gasteiger partial charge is 0.451 e. The molecule has 0 aliphatic rings. The van der Waals surface area contributed by atoms with Crippen LogP contribution in [0.1, 0.15) is 39.0 Å². The molecule has 184 valence electrons. The van der Waals surface area contributed by atoms with Crippen molar-refractivity contribution in [1.82, 2.24) is 4.57 Å². The number of carbonyl (C=O) groups is 2. The molecule has 0 spiro atoms. The van der Waals surface area contributed by atoms with E-state index in [1.54, 1.807) is 44.2 Å². The summed E-state index contributed by atoms with van der Waals surface area (Å²) in [5, 5.41) is 0. The molecule has 0 amide bonds. The molecule has 3 aromatic carbocycles. The number of ether oxygens (including phenoxy) is 2. The summed E-state index contributed by atoms with van der Waals surface area (Å²) in [4.78, 5) is 25.8. The second-order valence-electron chi connectivity index (χ2n) is 8.35. The highest BCUT2D eigenvalue weighted by molar-refractivity contribution is 6.02. The van der Waals surface area contributed by atoms with Gasteiger partial charge in [0.1, 0.15) is 5.75 Å². The Labute approximate surface area is 207 Å². The Bertz CT molecular complexity index is 1360. The topological polar surface area (TPSA) is 57.5 Å². The van der Waals surface area contributed by atoms with E-state index in [0.717, 1.165) is 16.8 Å². The van der Waals surface area contributed by atoms with E-state index in [1.165, 1.54) is 12.1 Å². The first kappa shape index (κ1) is 24.9. The number of ketones is 1. The Kier molecular flexibility index (Phi) is 7.29. The minimum Gasteiger partial charge on any atom is -0.451 e. The average Bonchev–Trinajstić information content (AvgIpc) is 3.17. The fourth-order valence-electron chi connectivity index (χ4n) is 4.12. The van der Waals surface area contributed by atoms with Gasteiger partial charge in [0.15, 0.2) is 6.10 Å². The van der Waals surface area contributed by atoms with Crippen molar-refractivity contribution in [2.24, 2.45) is 0 Å². The Balaban J connectivity index is 1.47. The molecular weight excluding hydrogens is 464 g/mol. The van der Waals surface area contributed by atoms with Gasteiger partial charge >= 0.3 is 12.6 Å². The van der Waals surface area contributed by atoms with Gasteiger partial charge in [-0.2, -0.15) is 8.78 Å². The molecule has 1 heterocycles. The molecule has 0 fully saturated rings. The van der Waals surface area contributed by atoms with Crippen LogP contribution in [-0.2, 0) is 4.74 Å². The van der Waals surface area contributed by atoms with Gasteiger partial charge in [-0.25, -0.2) is 4.79 Å². The second kappa shape index (κ2) is 10.6. The SMILES string of the molecule is Cc1cc(C(=O)C(C)OC(=O)c2ccc(-c3ccccc3)cc2)c(C)n1-c1ccc(OC(F)F)cc1. The van der Waals surface area contributed by atoms with Crippen LogP contribution in [0.3, 0.4) is 0 Å².